The van der Waals surface area contributed by atoms with E-state index in [1.807, 2.05) is 0 Å². The zero-order valence-electron chi connectivity index (χ0n) is 7.12. The van der Waals surface area contributed by atoms with E-state index in [1.54, 1.807) is 0 Å². The summed E-state index contributed by atoms with van der Waals surface area (Å²) in [6.07, 6.45) is 1.79. The van der Waals surface area contributed by atoms with Crippen molar-refractivity contribution >= 4 is 0 Å². The Morgan fingerprint density at radius 1 is 1.09 bits per heavy atom. The minimum atomic E-state index is 0.0916. The molecule has 3 nitrogen and oxygen atoms in total. The molecule has 0 bridgehead atoms. The zero-order valence-corrected chi connectivity index (χ0v) is 7.12. The summed E-state index contributed by atoms with van der Waals surface area (Å²) in [5, 5.41) is 16.9. The third-order valence-corrected chi connectivity index (χ3v) is 1.61. The molecule has 0 spiro atoms. The fourth-order valence-corrected chi connectivity index (χ4v) is 0.816. The summed E-state index contributed by atoms with van der Waals surface area (Å²) in [5.41, 5.74) is 0. The molecular formula is C8H18O3. The number of hydrogen-bond acceptors (Lipinski definition) is 3. The van der Waals surface area contributed by atoms with E-state index < -0.39 is 0 Å². The summed E-state index contributed by atoms with van der Waals surface area (Å²) in [6.45, 7) is 3.53. The third kappa shape index (κ3) is 7.78. The fraction of sp³-hybridized carbons (Fsp3) is 1.00. The van der Waals surface area contributed by atoms with E-state index >= 15 is 0 Å². The van der Waals surface area contributed by atoms with Gasteiger partial charge < -0.3 is 14.9 Å². The van der Waals surface area contributed by atoms with Gasteiger partial charge in [0.05, 0.1) is 13.2 Å². The zero-order chi connectivity index (χ0) is 8.53. The summed E-state index contributed by atoms with van der Waals surface area (Å²) in [6, 6.07) is 0. The Morgan fingerprint density at radius 3 is 2.36 bits per heavy atom. The predicted octanol–water partition coefficient (Wildman–Crippen LogP) is 0.404. The lowest BCUT2D eigenvalue weighted by atomic mass is 10.1. The molecule has 0 aromatic carbocycles. The molecule has 1 unspecified atom stereocenters. The van der Waals surface area contributed by atoms with Crippen LogP contribution >= 0.6 is 0 Å². The Labute approximate surface area is 68.0 Å². The Hall–Kier alpha value is -0.120. The van der Waals surface area contributed by atoms with E-state index in [0.29, 0.717) is 19.1 Å². The molecule has 0 amide bonds. The molecule has 0 aliphatic rings. The summed E-state index contributed by atoms with van der Waals surface area (Å²) in [7, 11) is 0. The molecule has 1 atom stereocenters. The number of aliphatic hydroxyl groups is 2. The van der Waals surface area contributed by atoms with Crippen LogP contribution in [0.5, 0.6) is 0 Å². The minimum absolute atomic E-state index is 0.0916. The molecule has 0 saturated heterocycles. The van der Waals surface area contributed by atoms with Crippen molar-refractivity contribution < 1.29 is 14.9 Å². The average Bonchev–Trinajstić information content (AvgIpc) is 1.99. The molecule has 0 rings (SSSR count). The first kappa shape index (κ1) is 10.9. The summed E-state index contributed by atoms with van der Waals surface area (Å²) < 4.78 is 5.07. The van der Waals surface area contributed by atoms with Gasteiger partial charge in [0.15, 0.2) is 0 Å². The van der Waals surface area contributed by atoms with E-state index in [4.69, 9.17) is 14.9 Å². The van der Waals surface area contributed by atoms with Crippen LogP contribution in [0, 0.1) is 5.92 Å². The van der Waals surface area contributed by atoms with Gasteiger partial charge >= 0.3 is 0 Å². The number of ether oxygens (including phenoxy) is 1. The molecule has 0 fully saturated rings. The number of aliphatic hydroxyl groups excluding tert-OH is 2. The van der Waals surface area contributed by atoms with Crippen molar-refractivity contribution in [2.45, 2.75) is 19.8 Å². The lowest BCUT2D eigenvalue weighted by Crippen LogP contribution is -2.06. The highest BCUT2D eigenvalue weighted by Crippen LogP contribution is 2.05. The molecule has 0 heterocycles. The van der Waals surface area contributed by atoms with Crippen LogP contribution in [-0.2, 0) is 4.74 Å². The van der Waals surface area contributed by atoms with Gasteiger partial charge in [-0.1, -0.05) is 6.92 Å². The van der Waals surface area contributed by atoms with Crippen molar-refractivity contribution in [2.75, 3.05) is 26.4 Å². The van der Waals surface area contributed by atoms with Gasteiger partial charge in [0.2, 0.25) is 0 Å². The SMILES string of the molecule is CC(CCO)CCOCCO. The van der Waals surface area contributed by atoms with Gasteiger partial charge in [-0.3, -0.25) is 0 Å². The highest BCUT2D eigenvalue weighted by molar-refractivity contribution is 4.50. The van der Waals surface area contributed by atoms with Crippen LogP contribution in [-0.4, -0.2) is 36.6 Å². The highest BCUT2D eigenvalue weighted by atomic mass is 16.5. The van der Waals surface area contributed by atoms with Crippen molar-refractivity contribution in [1.82, 2.24) is 0 Å². The Kier molecular flexibility index (Phi) is 7.89. The number of hydrogen-bond donors (Lipinski definition) is 2. The van der Waals surface area contributed by atoms with Gasteiger partial charge in [0.1, 0.15) is 0 Å². The van der Waals surface area contributed by atoms with Gasteiger partial charge in [-0.15, -0.1) is 0 Å². The maximum absolute atomic E-state index is 8.56. The smallest absolute Gasteiger partial charge is 0.0697 e. The lowest BCUT2D eigenvalue weighted by molar-refractivity contribution is 0.0819. The summed E-state index contributed by atoms with van der Waals surface area (Å²) in [4.78, 5) is 0. The minimum Gasteiger partial charge on any atom is -0.396 e. The molecule has 0 aromatic heterocycles. The molecule has 0 aromatic rings. The van der Waals surface area contributed by atoms with Gasteiger partial charge in [-0.25, -0.2) is 0 Å². The Bertz CT molecular complexity index is 75.7. The van der Waals surface area contributed by atoms with Crippen LogP contribution in [0.25, 0.3) is 0 Å². The quantitative estimate of drug-likeness (QED) is 0.533. The van der Waals surface area contributed by atoms with Crippen LogP contribution < -0.4 is 0 Å². The molecule has 0 aliphatic carbocycles. The van der Waals surface area contributed by atoms with Crippen molar-refractivity contribution in [3.63, 3.8) is 0 Å². The van der Waals surface area contributed by atoms with Crippen LogP contribution in [0.4, 0.5) is 0 Å². The van der Waals surface area contributed by atoms with Crippen molar-refractivity contribution in [2.24, 2.45) is 5.92 Å². The molecule has 0 radical (unpaired) electrons. The van der Waals surface area contributed by atoms with Gasteiger partial charge in [0, 0.05) is 13.2 Å². The maximum Gasteiger partial charge on any atom is 0.0697 e. The molecule has 3 heteroatoms. The lowest BCUT2D eigenvalue weighted by Gasteiger charge is -2.08. The van der Waals surface area contributed by atoms with E-state index in [1.165, 1.54) is 0 Å². The van der Waals surface area contributed by atoms with Crippen LogP contribution in [0.2, 0.25) is 0 Å². The topological polar surface area (TPSA) is 49.7 Å². The summed E-state index contributed by atoms with van der Waals surface area (Å²) in [5.74, 6) is 0.513. The van der Waals surface area contributed by atoms with Crippen molar-refractivity contribution in [3.05, 3.63) is 0 Å². The molecular weight excluding hydrogens is 144 g/mol. The second-order valence-corrected chi connectivity index (χ2v) is 2.74. The first-order valence-electron chi connectivity index (χ1n) is 4.10. The second-order valence-electron chi connectivity index (χ2n) is 2.74. The first-order valence-corrected chi connectivity index (χ1v) is 4.10. The standard InChI is InChI=1S/C8H18O3/c1-8(2-4-9)3-6-11-7-5-10/h8-10H,2-7H2,1H3. The third-order valence-electron chi connectivity index (χ3n) is 1.61. The molecule has 2 N–H and O–H groups in total. The van der Waals surface area contributed by atoms with Gasteiger partial charge in [-0.05, 0) is 18.8 Å². The largest absolute Gasteiger partial charge is 0.396 e. The van der Waals surface area contributed by atoms with E-state index in [-0.39, 0.29) is 13.2 Å². The molecule has 0 aliphatic heterocycles. The second kappa shape index (κ2) is 7.98. The Morgan fingerprint density at radius 2 is 1.82 bits per heavy atom. The van der Waals surface area contributed by atoms with Crippen molar-refractivity contribution in [3.8, 4) is 0 Å². The highest BCUT2D eigenvalue weighted by Gasteiger charge is 1.99. The maximum atomic E-state index is 8.56. The van der Waals surface area contributed by atoms with Crippen LogP contribution in [0.15, 0.2) is 0 Å². The van der Waals surface area contributed by atoms with Gasteiger partial charge in [0.25, 0.3) is 0 Å². The van der Waals surface area contributed by atoms with E-state index in [2.05, 4.69) is 6.92 Å². The van der Waals surface area contributed by atoms with Gasteiger partial charge in [-0.2, -0.15) is 0 Å². The molecule has 11 heavy (non-hydrogen) atoms. The van der Waals surface area contributed by atoms with Crippen LogP contribution in [0.3, 0.4) is 0 Å². The normalized spacial score (nSPS) is 13.4. The first-order chi connectivity index (χ1) is 5.31. The number of rotatable bonds is 7. The Balaban J connectivity index is 2.97. The fourth-order valence-electron chi connectivity index (χ4n) is 0.816. The van der Waals surface area contributed by atoms with Crippen molar-refractivity contribution in [1.29, 1.82) is 0 Å². The van der Waals surface area contributed by atoms with E-state index in [0.717, 1.165) is 12.8 Å². The summed E-state index contributed by atoms with van der Waals surface area (Å²) >= 11 is 0. The van der Waals surface area contributed by atoms with Crippen LogP contribution in [0.1, 0.15) is 19.8 Å². The predicted molar refractivity (Wildman–Crippen MR) is 43.4 cm³/mol. The molecule has 0 saturated carbocycles. The average molecular weight is 162 g/mol. The van der Waals surface area contributed by atoms with E-state index in [9.17, 15) is 0 Å². The monoisotopic (exact) mass is 162 g/mol. The molecule has 68 valence electrons.